The van der Waals surface area contributed by atoms with E-state index in [9.17, 15) is 28.1 Å². The van der Waals surface area contributed by atoms with Crippen molar-refractivity contribution in [3.05, 3.63) is 63.7 Å². The Kier molecular flexibility index (Phi) is 5.52. The van der Waals surface area contributed by atoms with Gasteiger partial charge in [0.25, 0.3) is 11.6 Å². The minimum atomic E-state index is -4.52. The average Bonchev–Trinajstić information content (AvgIpc) is 2.58. The minimum absolute atomic E-state index is 0.00755. The number of hydrogen-bond donors (Lipinski definition) is 2. The molecule has 0 saturated heterocycles. The number of nitro groups is 1. The van der Waals surface area contributed by atoms with E-state index in [1.54, 1.807) is 6.26 Å². The largest absolute Gasteiger partial charge is 0.416 e. The maximum absolute atomic E-state index is 12.7. The van der Waals surface area contributed by atoms with Crippen molar-refractivity contribution in [1.29, 1.82) is 0 Å². The van der Waals surface area contributed by atoms with Crippen molar-refractivity contribution in [3.8, 4) is 0 Å². The van der Waals surface area contributed by atoms with Crippen LogP contribution < -0.4 is 10.9 Å². The number of carbonyl (C=O) groups excluding carboxylic acids is 1. The van der Waals surface area contributed by atoms with Gasteiger partial charge >= 0.3 is 6.18 Å². The van der Waals surface area contributed by atoms with Crippen molar-refractivity contribution in [1.82, 2.24) is 5.43 Å². The molecule has 0 heterocycles. The number of anilines is 1. The van der Waals surface area contributed by atoms with Crippen LogP contribution in [0.4, 0.5) is 24.5 Å². The number of nitrogens with zero attached hydrogens (tertiary/aromatic N) is 1. The molecule has 0 aliphatic carbocycles. The maximum atomic E-state index is 12.7. The number of alkyl halides is 3. The molecule has 2 rings (SSSR count). The molecule has 0 atom stereocenters. The van der Waals surface area contributed by atoms with Gasteiger partial charge in [-0.15, -0.1) is 11.8 Å². The third kappa shape index (κ3) is 4.63. The van der Waals surface area contributed by atoms with Gasteiger partial charge in [0.2, 0.25) is 0 Å². The summed E-state index contributed by atoms with van der Waals surface area (Å²) in [6.07, 6.45) is -2.78. The van der Waals surface area contributed by atoms with Crippen LogP contribution >= 0.6 is 11.8 Å². The number of thioether (sulfide) groups is 1. The first kappa shape index (κ1) is 18.6. The number of halogens is 3. The van der Waals surface area contributed by atoms with Crippen LogP contribution in [-0.2, 0) is 6.18 Å². The molecule has 0 aliphatic heterocycles. The number of nitrogens with one attached hydrogen (secondary N) is 2. The molecule has 6 nitrogen and oxygen atoms in total. The molecule has 2 N–H and O–H groups in total. The van der Waals surface area contributed by atoms with Gasteiger partial charge in [-0.1, -0.05) is 6.07 Å². The predicted octanol–water partition coefficient (Wildman–Crippen LogP) is 4.09. The third-order valence-corrected chi connectivity index (χ3v) is 3.88. The van der Waals surface area contributed by atoms with E-state index in [4.69, 9.17) is 0 Å². The van der Waals surface area contributed by atoms with E-state index in [1.807, 2.05) is 0 Å². The fraction of sp³-hybridized carbons (Fsp3) is 0.133. The lowest BCUT2D eigenvalue weighted by molar-refractivity contribution is -0.385. The van der Waals surface area contributed by atoms with Crippen LogP contribution in [0.3, 0.4) is 0 Å². The number of carbonyl (C=O) groups is 1. The zero-order valence-electron chi connectivity index (χ0n) is 12.8. The first-order valence-electron chi connectivity index (χ1n) is 6.78. The smallest absolute Gasteiger partial charge is 0.298 e. The summed E-state index contributed by atoms with van der Waals surface area (Å²) in [5.74, 6) is -0.833. The molecular weight excluding hydrogens is 359 g/mol. The van der Waals surface area contributed by atoms with Gasteiger partial charge in [-0.2, -0.15) is 13.2 Å². The fourth-order valence-corrected chi connectivity index (χ4v) is 2.39. The highest BCUT2D eigenvalue weighted by Crippen LogP contribution is 2.30. The Morgan fingerprint density at radius 2 is 1.92 bits per heavy atom. The highest BCUT2D eigenvalue weighted by Gasteiger charge is 2.30. The van der Waals surface area contributed by atoms with Crippen LogP contribution in [0.15, 0.2) is 47.4 Å². The fourth-order valence-electron chi connectivity index (χ4n) is 1.95. The van der Waals surface area contributed by atoms with E-state index in [0.29, 0.717) is 4.90 Å². The van der Waals surface area contributed by atoms with Gasteiger partial charge < -0.3 is 0 Å². The molecule has 0 bridgehead atoms. The molecule has 0 aromatic heterocycles. The van der Waals surface area contributed by atoms with Crippen LogP contribution in [0.5, 0.6) is 0 Å². The van der Waals surface area contributed by atoms with Crippen LogP contribution in [0.2, 0.25) is 0 Å². The number of amides is 1. The number of hydrazine groups is 1. The van der Waals surface area contributed by atoms with E-state index in [-0.39, 0.29) is 11.3 Å². The summed E-state index contributed by atoms with van der Waals surface area (Å²) in [6, 6.07) is 8.24. The van der Waals surface area contributed by atoms with Gasteiger partial charge in [-0.3, -0.25) is 25.8 Å². The zero-order valence-corrected chi connectivity index (χ0v) is 13.6. The minimum Gasteiger partial charge on any atom is -0.298 e. The second-order valence-electron chi connectivity index (χ2n) is 4.80. The molecule has 0 aliphatic rings. The van der Waals surface area contributed by atoms with Crippen molar-refractivity contribution in [2.45, 2.75) is 11.1 Å². The van der Waals surface area contributed by atoms with Crippen LogP contribution in [-0.4, -0.2) is 17.1 Å². The lowest BCUT2D eigenvalue weighted by Gasteiger charge is -2.12. The first-order chi connectivity index (χ1) is 11.7. The van der Waals surface area contributed by atoms with Crippen LogP contribution in [0.1, 0.15) is 15.9 Å². The first-order valence-corrected chi connectivity index (χ1v) is 8.01. The topological polar surface area (TPSA) is 84.3 Å². The number of nitro benzene ring substituents is 1. The third-order valence-electron chi connectivity index (χ3n) is 3.16. The molecule has 132 valence electrons. The molecular formula is C15H12F3N3O3S. The standard InChI is InChI=1S/C15H12F3N3O3S/c1-25-11-5-6-13(21(23)24)12(8-11)14(22)20-19-10-4-2-3-9(7-10)15(16,17)18/h2-8,19H,1H3,(H,20,22). The summed E-state index contributed by atoms with van der Waals surface area (Å²) in [6.45, 7) is 0. The van der Waals surface area contributed by atoms with Gasteiger partial charge in [0.05, 0.1) is 16.2 Å². The molecule has 0 spiro atoms. The zero-order chi connectivity index (χ0) is 18.6. The average molecular weight is 371 g/mol. The van der Waals surface area contributed by atoms with Crippen molar-refractivity contribution in [3.63, 3.8) is 0 Å². The maximum Gasteiger partial charge on any atom is 0.416 e. The Morgan fingerprint density at radius 1 is 1.20 bits per heavy atom. The summed E-state index contributed by atoms with van der Waals surface area (Å²) in [7, 11) is 0. The molecule has 0 unspecified atom stereocenters. The highest BCUT2D eigenvalue weighted by atomic mass is 32.2. The van der Waals surface area contributed by atoms with Crippen molar-refractivity contribution in [2.24, 2.45) is 0 Å². The molecule has 1 amide bonds. The molecule has 25 heavy (non-hydrogen) atoms. The molecule has 0 radical (unpaired) electrons. The Balaban J connectivity index is 2.19. The normalized spacial score (nSPS) is 11.0. The van der Waals surface area contributed by atoms with E-state index in [1.165, 1.54) is 42.1 Å². The van der Waals surface area contributed by atoms with E-state index in [2.05, 4.69) is 10.9 Å². The summed E-state index contributed by atoms with van der Waals surface area (Å²) >= 11 is 1.29. The van der Waals surface area contributed by atoms with E-state index >= 15 is 0 Å². The van der Waals surface area contributed by atoms with Crippen molar-refractivity contribution in [2.75, 3.05) is 11.7 Å². The molecule has 2 aromatic carbocycles. The Hall–Kier alpha value is -2.75. The molecule has 0 fully saturated rings. The second-order valence-corrected chi connectivity index (χ2v) is 5.68. The van der Waals surface area contributed by atoms with Gasteiger partial charge in [0.1, 0.15) is 5.56 Å². The number of hydrogen-bond acceptors (Lipinski definition) is 5. The monoisotopic (exact) mass is 371 g/mol. The van der Waals surface area contributed by atoms with E-state index < -0.39 is 28.3 Å². The predicted molar refractivity (Wildman–Crippen MR) is 87.4 cm³/mol. The number of benzene rings is 2. The molecule has 2 aromatic rings. The van der Waals surface area contributed by atoms with Gasteiger partial charge in [-0.05, 0) is 36.6 Å². The van der Waals surface area contributed by atoms with Crippen LogP contribution in [0, 0.1) is 10.1 Å². The lowest BCUT2D eigenvalue weighted by atomic mass is 10.1. The van der Waals surface area contributed by atoms with Crippen LogP contribution in [0.25, 0.3) is 0 Å². The summed E-state index contributed by atoms with van der Waals surface area (Å²) in [5, 5.41) is 11.0. The summed E-state index contributed by atoms with van der Waals surface area (Å²) < 4.78 is 38.0. The quantitative estimate of drug-likeness (QED) is 0.470. The second kappa shape index (κ2) is 7.43. The summed E-state index contributed by atoms with van der Waals surface area (Å²) in [5.41, 5.74) is 3.01. The molecule has 0 saturated carbocycles. The Morgan fingerprint density at radius 3 is 2.52 bits per heavy atom. The Bertz CT molecular complexity index is 812. The molecule has 10 heteroatoms. The highest BCUT2D eigenvalue weighted by molar-refractivity contribution is 7.98. The van der Waals surface area contributed by atoms with Crippen molar-refractivity contribution >= 4 is 29.0 Å². The SMILES string of the molecule is CSc1ccc([N+](=O)[O-])c(C(=O)NNc2cccc(C(F)(F)F)c2)c1. The lowest BCUT2D eigenvalue weighted by Crippen LogP contribution is -2.30. The van der Waals surface area contributed by atoms with E-state index in [0.717, 1.165) is 12.1 Å². The van der Waals surface area contributed by atoms with Crippen molar-refractivity contribution < 1.29 is 22.9 Å². The van der Waals surface area contributed by atoms with Gasteiger partial charge in [0.15, 0.2) is 0 Å². The van der Waals surface area contributed by atoms with Gasteiger partial charge in [-0.25, -0.2) is 0 Å². The van der Waals surface area contributed by atoms with Gasteiger partial charge in [0, 0.05) is 11.0 Å². The summed E-state index contributed by atoms with van der Waals surface area (Å²) in [4.78, 5) is 23.1. The number of rotatable bonds is 5. The Labute approximate surface area is 144 Å².